The Labute approximate surface area is 88.6 Å². The molecule has 0 rings (SSSR count). The maximum Gasteiger partial charge on any atom is 0.398 e. The van der Waals surface area contributed by atoms with Crippen LogP contribution >= 0.6 is 0 Å². The van der Waals surface area contributed by atoms with Gasteiger partial charge in [0.15, 0.2) is 6.61 Å². The summed E-state index contributed by atoms with van der Waals surface area (Å²) in [6.07, 6.45) is 14.9. The first kappa shape index (κ1) is 12.6. The SMILES string of the molecule is C#CCOC(=O)C(=O)N(CC#C)CC#C. The van der Waals surface area contributed by atoms with Crippen molar-refractivity contribution in [3.05, 3.63) is 0 Å². The molecule has 0 spiro atoms. The number of carbonyl (C=O) groups excluding carboxylic acids is 2. The molecule has 0 aliphatic carbocycles. The van der Waals surface area contributed by atoms with E-state index in [9.17, 15) is 9.59 Å². The van der Waals surface area contributed by atoms with Gasteiger partial charge in [0.2, 0.25) is 0 Å². The van der Waals surface area contributed by atoms with Crippen molar-refractivity contribution in [2.45, 2.75) is 0 Å². The van der Waals surface area contributed by atoms with Crippen molar-refractivity contribution in [1.82, 2.24) is 4.90 Å². The van der Waals surface area contributed by atoms with Crippen LogP contribution in [-0.2, 0) is 14.3 Å². The molecule has 0 aromatic carbocycles. The van der Waals surface area contributed by atoms with E-state index in [2.05, 4.69) is 22.5 Å². The molecule has 0 aliphatic rings. The fourth-order valence-electron chi connectivity index (χ4n) is 0.718. The zero-order chi connectivity index (χ0) is 11.7. The van der Waals surface area contributed by atoms with E-state index < -0.39 is 11.9 Å². The smallest absolute Gasteiger partial charge is 0.398 e. The Bertz CT molecular complexity index is 349. The molecule has 76 valence electrons. The Balaban J connectivity index is 4.39. The van der Waals surface area contributed by atoms with Gasteiger partial charge >= 0.3 is 11.9 Å². The molecule has 4 nitrogen and oxygen atoms in total. The molecule has 0 bridgehead atoms. The first-order valence-electron chi connectivity index (χ1n) is 3.93. The summed E-state index contributed by atoms with van der Waals surface area (Å²) in [5.74, 6) is 4.53. The van der Waals surface area contributed by atoms with E-state index in [1.165, 1.54) is 0 Å². The van der Waals surface area contributed by atoms with Crippen LogP contribution in [0.2, 0.25) is 0 Å². The minimum Gasteiger partial charge on any atom is -0.445 e. The van der Waals surface area contributed by atoms with Crippen molar-refractivity contribution in [2.75, 3.05) is 19.7 Å². The second kappa shape index (κ2) is 7.06. The van der Waals surface area contributed by atoms with Gasteiger partial charge in [-0.25, -0.2) is 4.79 Å². The van der Waals surface area contributed by atoms with Gasteiger partial charge in [0, 0.05) is 0 Å². The molecule has 0 aliphatic heterocycles. The average Bonchev–Trinajstić information content (AvgIpc) is 2.24. The normalized spacial score (nSPS) is 7.80. The average molecular weight is 203 g/mol. The number of carbonyl (C=O) groups is 2. The summed E-state index contributed by atoms with van der Waals surface area (Å²) >= 11 is 0. The summed E-state index contributed by atoms with van der Waals surface area (Å²) in [4.78, 5) is 23.4. The topological polar surface area (TPSA) is 46.6 Å². The Hall–Kier alpha value is -2.38. The lowest BCUT2D eigenvalue weighted by Gasteiger charge is -2.15. The Morgan fingerprint density at radius 3 is 2.00 bits per heavy atom. The lowest BCUT2D eigenvalue weighted by atomic mass is 10.4. The van der Waals surface area contributed by atoms with Crippen LogP contribution in [0.1, 0.15) is 0 Å². The maximum absolute atomic E-state index is 11.3. The van der Waals surface area contributed by atoms with Gasteiger partial charge in [-0.05, 0) is 0 Å². The molecule has 0 N–H and O–H groups in total. The van der Waals surface area contributed by atoms with Gasteiger partial charge in [-0.1, -0.05) is 17.8 Å². The molecule has 0 fully saturated rings. The van der Waals surface area contributed by atoms with E-state index in [0.29, 0.717) is 0 Å². The molecule has 0 aromatic heterocycles. The molecule has 0 saturated heterocycles. The number of terminal acetylenes is 3. The molecule has 0 radical (unpaired) electrons. The van der Waals surface area contributed by atoms with E-state index in [1.807, 2.05) is 0 Å². The van der Waals surface area contributed by atoms with Crippen LogP contribution < -0.4 is 0 Å². The fraction of sp³-hybridized carbons (Fsp3) is 0.273. The molecular weight excluding hydrogens is 194 g/mol. The highest BCUT2D eigenvalue weighted by molar-refractivity contribution is 6.32. The van der Waals surface area contributed by atoms with Gasteiger partial charge in [-0.15, -0.1) is 19.3 Å². The predicted molar refractivity (Wildman–Crippen MR) is 54.0 cm³/mol. The number of ether oxygens (including phenoxy) is 1. The highest BCUT2D eigenvalue weighted by Gasteiger charge is 2.21. The van der Waals surface area contributed by atoms with Crippen LogP contribution in [0.5, 0.6) is 0 Å². The number of rotatable bonds is 3. The van der Waals surface area contributed by atoms with E-state index in [0.717, 1.165) is 4.90 Å². The van der Waals surface area contributed by atoms with Gasteiger partial charge in [0.25, 0.3) is 0 Å². The van der Waals surface area contributed by atoms with Crippen LogP contribution in [0.4, 0.5) is 0 Å². The van der Waals surface area contributed by atoms with Gasteiger partial charge in [0.05, 0.1) is 13.1 Å². The van der Waals surface area contributed by atoms with Crippen molar-refractivity contribution in [3.63, 3.8) is 0 Å². The van der Waals surface area contributed by atoms with Crippen LogP contribution in [0.25, 0.3) is 0 Å². The maximum atomic E-state index is 11.3. The third kappa shape index (κ3) is 4.41. The van der Waals surface area contributed by atoms with Crippen LogP contribution in [-0.4, -0.2) is 36.5 Å². The summed E-state index contributed by atoms with van der Waals surface area (Å²) in [5.41, 5.74) is 0. The third-order valence-electron chi connectivity index (χ3n) is 1.31. The molecule has 4 heteroatoms. The molecular formula is C11H9NO3. The van der Waals surface area contributed by atoms with E-state index in [4.69, 9.17) is 19.3 Å². The van der Waals surface area contributed by atoms with Gasteiger partial charge in [-0.3, -0.25) is 4.79 Å². The van der Waals surface area contributed by atoms with Crippen molar-refractivity contribution < 1.29 is 14.3 Å². The molecule has 0 unspecified atom stereocenters. The lowest BCUT2D eigenvalue weighted by molar-refractivity contribution is -0.158. The Morgan fingerprint density at radius 2 is 1.60 bits per heavy atom. The fourth-order valence-corrected chi connectivity index (χ4v) is 0.718. The van der Waals surface area contributed by atoms with Gasteiger partial charge in [-0.2, -0.15) is 0 Å². The van der Waals surface area contributed by atoms with Gasteiger partial charge < -0.3 is 9.64 Å². The number of esters is 1. The standard InChI is InChI=1S/C11H9NO3/c1-4-7-12(8-5-2)10(13)11(14)15-9-6-3/h1-3H,7-9H2. The number of nitrogens with zero attached hydrogens (tertiary/aromatic N) is 1. The third-order valence-corrected chi connectivity index (χ3v) is 1.31. The lowest BCUT2D eigenvalue weighted by Crippen LogP contribution is -2.38. The zero-order valence-electron chi connectivity index (χ0n) is 8.03. The van der Waals surface area contributed by atoms with Gasteiger partial charge in [0.1, 0.15) is 0 Å². The Kier molecular flexibility index (Phi) is 5.94. The monoisotopic (exact) mass is 203 g/mol. The van der Waals surface area contributed by atoms with Crippen molar-refractivity contribution in [3.8, 4) is 37.0 Å². The van der Waals surface area contributed by atoms with Crippen LogP contribution in [0.15, 0.2) is 0 Å². The molecule has 15 heavy (non-hydrogen) atoms. The quantitative estimate of drug-likeness (QED) is 0.345. The minimum atomic E-state index is -1.06. The number of hydrogen-bond acceptors (Lipinski definition) is 3. The van der Waals surface area contributed by atoms with Crippen molar-refractivity contribution in [1.29, 1.82) is 0 Å². The van der Waals surface area contributed by atoms with Crippen LogP contribution in [0, 0.1) is 37.0 Å². The van der Waals surface area contributed by atoms with E-state index in [-0.39, 0.29) is 19.7 Å². The highest BCUT2D eigenvalue weighted by Crippen LogP contribution is 1.91. The summed E-state index contributed by atoms with van der Waals surface area (Å²) in [6.45, 7) is -0.354. The molecule has 0 aromatic rings. The summed E-state index contributed by atoms with van der Waals surface area (Å²) < 4.78 is 4.42. The summed E-state index contributed by atoms with van der Waals surface area (Å²) in [6, 6.07) is 0. The van der Waals surface area contributed by atoms with Crippen LogP contribution in [0.3, 0.4) is 0 Å². The Morgan fingerprint density at radius 1 is 1.07 bits per heavy atom. The number of hydrogen-bond donors (Lipinski definition) is 0. The predicted octanol–water partition coefficient (Wildman–Crippen LogP) is -0.742. The van der Waals surface area contributed by atoms with Crippen molar-refractivity contribution >= 4 is 11.9 Å². The summed E-state index contributed by atoms with van der Waals surface area (Å²) in [5, 5.41) is 0. The summed E-state index contributed by atoms with van der Waals surface area (Å²) in [7, 11) is 0. The zero-order valence-corrected chi connectivity index (χ0v) is 8.03. The van der Waals surface area contributed by atoms with E-state index in [1.54, 1.807) is 0 Å². The first-order chi connectivity index (χ1) is 7.17. The van der Waals surface area contributed by atoms with E-state index >= 15 is 0 Å². The molecule has 0 saturated carbocycles. The number of amides is 1. The second-order valence-corrected chi connectivity index (χ2v) is 2.35. The van der Waals surface area contributed by atoms with Crippen molar-refractivity contribution in [2.24, 2.45) is 0 Å². The first-order valence-corrected chi connectivity index (χ1v) is 3.93. The largest absolute Gasteiger partial charge is 0.445 e. The second-order valence-electron chi connectivity index (χ2n) is 2.35. The minimum absolute atomic E-state index is 0.0474. The molecule has 1 amide bonds. The molecule has 0 atom stereocenters. The molecule has 0 heterocycles. The highest BCUT2D eigenvalue weighted by atomic mass is 16.5.